The van der Waals surface area contributed by atoms with Crippen molar-refractivity contribution in [2.75, 3.05) is 11.9 Å². The second kappa shape index (κ2) is 6.46. The fourth-order valence-electron chi connectivity index (χ4n) is 2.14. The molecule has 108 valence electrons. The van der Waals surface area contributed by atoms with Crippen LogP contribution in [0, 0.1) is 6.92 Å². The van der Waals surface area contributed by atoms with Gasteiger partial charge in [0, 0.05) is 18.8 Å². The lowest BCUT2D eigenvalue weighted by atomic mass is 10.1. The third-order valence-electron chi connectivity index (χ3n) is 3.23. The van der Waals surface area contributed by atoms with E-state index in [0.29, 0.717) is 5.02 Å². The highest BCUT2D eigenvalue weighted by molar-refractivity contribution is 6.33. The summed E-state index contributed by atoms with van der Waals surface area (Å²) in [6, 6.07) is 13.5. The van der Waals surface area contributed by atoms with Crippen molar-refractivity contribution >= 4 is 35.0 Å². The maximum absolute atomic E-state index is 10.5. The summed E-state index contributed by atoms with van der Waals surface area (Å²) in [7, 11) is 1.95. The number of hydrogen-bond donors (Lipinski definition) is 1. The number of anilines is 2. The van der Waals surface area contributed by atoms with Gasteiger partial charge in [-0.05, 0) is 42.3 Å². The average molecular weight is 302 g/mol. The minimum atomic E-state index is -0.979. The van der Waals surface area contributed by atoms with Crippen LogP contribution in [0.5, 0.6) is 0 Å². The molecular formula is C17H16ClNO2. The summed E-state index contributed by atoms with van der Waals surface area (Å²) >= 11 is 6.32. The van der Waals surface area contributed by atoms with E-state index in [-0.39, 0.29) is 0 Å². The molecule has 21 heavy (non-hydrogen) atoms. The monoisotopic (exact) mass is 301 g/mol. The van der Waals surface area contributed by atoms with Gasteiger partial charge >= 0.3 is 5.97 Å². The number of rotatable bonds is 4. The SMILES string of the molecule is Cc1ccccc1N(C)c1ccc(/C=C/C(=O)O)cc1Cl. The third-order valence-corrected chi connectivity index (χ3v) is 3.53. The molecule has 3 nitrogen and oxygen atoms in total. The molecule has 2 rings (SSSR count). The zero-order chi connectivity index (χ0) is 15.4. The first-order valence-electron chi connectivity index (χ1n) is 6.49. The Balaban J connectivity index is 2.33. The van der Waals surface area contributed by atoms with Gasteiger partial charge in [-0.3, -0.25) is 0 Å². The lowest BCUT2D eigenvalue weighted by Gasteiger charge is -2.22. The quantitative estimate of drug-likeness (QED) is 0.844. The van der Waals surface area contributed by atoms with Crippen LogP contribution in [0.1, 0.15) is 11.1 Å². The van der Waals surface area contributed by atoms with Crippen LogP contribution < -0.4 is 4.90 Å². The van der Waals surface area contributed by atoms with Crippen molar-refractivity contribution in [3.8, 4) is 0 Å². The fraction of sp³-hybridized carbons (Fsp3) is 0.118. The minimum absolute atomic E-state index is 0.577. The second-order valence-corrected chi connectivity index (χ2v) is 5.14. The Bertz CT molecular complexity index is 695. The summed E-state index contributed by atoms with van der Waals surface area (Å²) in [5.41, 5.74) is 3.86. The second-order valence-electron chi connectivity index (χ2n) is 4.73. The van der Waals surface area contributed by atoms with Gasteiger partial charge in [0.25, 0.3) is 0 Å². The highest BCUT2D eigenvalue weighted by Crippen LogP contribution is 2.33. The van der Waals surface area contributed by atoms with E-state index in [2.05, 4.69) is 0 Å². The molecule has 0 aliphatic rings. The molecular weight excluding hydrogens is 286 g/mol. The highest BCUT2D eigenvalue weighted by atomic mass is 35.5. The van der Waals surface area contributed by atoms with Gasteiger partial charge in [-0.25, -0.2) is 4.79 Å². The van der Waals surface area contributed by atoms with E-state index in [1.807, 2.05) is 55.3 Å². The zero-order valence-corrected chi connectivity index (χ0v) is 12.6. The van der Waals surface area contributed by atoms with Crippen LogP contribution in [-0.4, -0.2) is 18.1 Å². The minimum Gasteiger partial charge on any atom is -0.478 e. The molecule has 0 aliphatic heterocycles. The summed E-state index contributed by atoms with van der Waals surface area (Å²) in [6.07, 6.45) is 2.61. The molecule has 1 N–H and O–H groups in total. The van der Waals surface area contributed by atoms with Crippen molar-refractivity contribution in [3.63, 3.8) is 0 Å². The maximum atomic E-state index is 10.5. The first kappa shape index (κ1) is 15.1. The van der Waals surface area contributed by atoms with Crippen LogP contribution in [-0.2, 0) is 4.79 Å². The molecule has 4 heteroatoms. The number of aryl methyl sites for hydroxylation is 1. The van der Waals surface area contributed by atoms with Crippen LogP contribution in [0.3, 0.4) is 0 Å². The fourth-order valence-corrected chi connectivity index (χ4v) is 2.45. The van der Waals surface area contributed by atoms with Gasteiger partial charge in [0.1, 0.15) is 0 Å². The molecule has 0 heterocycles. The lowest BCUT2D eigenvalue weighted by Crippen LogP contribution is -2.11. The van der Waals surface area contributed by atoms with E-state index in [1.165, 1.54) is 6.08 Å². The van der Waals surface area contributed by atoms with E-state index < -0.39 is 5.97 Å². The Morgan fingerprint density at radius 1 is 1.19 bits per heavy atom. The van der Waals surface area contributed by atoms with E-state index in [0.717, 1.165) is 28.6 Å². The van der Waals surface area contributed by atoms with Crippen LogP contribution in [0.4, 0.5) is 11.4 Å². The van der Waals surface area contributed by atoms with Crippen molar-refractivity contribution in [1.29, 1.82) is 0 Å². The van der Waals surface area contributed by atoms with Gasteiger partial charge in [0.15, 0.2) is 0 Å². The molecule has 0 amide bonds. The van der Waals surface area contributed by atoms with Gasteiger partial charge in [0.2, 0.25) is 0 Å². The molecule has 0 bridgehead atoms. The summed E-state index contributed by atoms with van der Waals surface area (Å²) in [6.45, 7) is 2.05. The molecule has 0 aromatic heterocycles. The zero-order valence-electron chi connectivity index (χ0n) is 11.9. The summed E-state index contributed by atoms with van der Waals surface area (Å²) < 4.78 is 0. The van der Waals surface area contributed by atoms with Crippen molar-refractivity contribution < 1.29 is 9.90 Å². The number of halogens is 1. The number of nitrogens with zero attached hydrogens (tertiary/aromatic N) is 1. The van der Waals surface area contributed by atoms with E-state index in [1.54, 1.807) is 6.07 Å². The van der Waals surface area contributed by atoms with Crippen molar-refractivity contribution in [2.45, 2.75) is 6.92 Å². The topological polar surface area (TPSA) is 40.5 Å². The third kappa shape index (κ3) is 3.64. The van der Waals surface area contributed by atoms with E-state index >= 15 is 0 Å². The molecule has 2 aromatic carbocycles. The largest absolute Gasteiger partial charge is 0.478 e. The smallest absolute Gasteiger partial charge is 0.328 e. The predicted molar refractivity (Wildman–Crippen MR) is 87.4 cm³/mol. The average Bonchev–Trinajstić information content (AvgIpc) is 2.45. The van der Waals surface area contributed by atoms with E-state index in [9.17, 15) is 4.79 Å². The maximum Gasteiger partial charge on any atom is 0.328 e. The molecule has 0 saturated carbocycles. The standard InChI is InChI=1S/C17H16ClNO2/c1-12-5-3-4-6-15(12)19(2)16-9-7-13(11-14(16)18)8-10-17(20)21/h3-11H,1-2H3,(H,20,21)/b10-8+. The van der Waals surface area contributed by atoms with Crippen LogP contribution >= 0.6 is 11.6 Å². The van der Waals surface area contributed by atoms with Crippen molar-refractivity contribution in [2.24, 2.45) is 0 Å². The van der Waals surface area contributed by atoms with Crippen molar-refractivity contribution in [1.82, 2.24) is 0 Å². The highest BCUT2D eigenvalue weighted by Gasteiger charge is 2.10. The Hall–Kier alpha value is -2.26. The number of para-hydroxylation sites is 1. The van der Waals surface area contributed by atoms with Gasteiger partial charge in [-0.2, -0.15) is 0 Å². The summed E-state index contributed by atoms with van der Waals surface area (Å²) in [5, 5.41) is 9.22. The molecule has 0 spiro atoms. The molecule has 0 saturated heterocycles. The van der Waals surface area contributed by atoms with Crippen LogP contribution in [0.2, 0.25) is 5.02 Å². The molecule has 2 aromatic rings. The summed E-state index contributed by atoms with van der Waals surface area (Å²) in [4.78, 5) is 12.5. The van der Waals surface area contributed by atoms with Crippen molar-refractivity contribution in [3.05, 3.63) is 64.7 Å². The molecule has 0 radical (unpaired) electrons. The molecule has 0 atom stereocenters. The summed E-state index contributed by atoms with van der Waals surface area (Å²) in [5.74, 6) is -0.979. The number of carboxylic acids is 1. The van der Waals surface area contributed by atoms with Gasteiger partial charge < -0.3 is 10.0 Å². The molecule has 0 unspecified atom stereocenters. The number of carboxylic acid groups (broad SMARTS) is 1. The Kier molecular flexibility index (Phi) is 4.66. The molecule has 0 aliphatic carbocycles. The van der Waals surface area contributed by atoms with Gasteiger partial charge in [-0.1, -0.05) is 35.9 Å². The van der Waals surface area contributed by atoms with Gasteiger partial charge in [0.05, 0.1) is 10.7 Å². The number of aliphatic carboxylic acids is 1. The Morgan fingerprint density at radius 3 is 2.52 bits per heavy atom. The van der Waals surface area contributed by atoms with Gasteiger partial charge in [-0.15, -0.1) is 0 Å². The molecule has 0 fully saturated rings. The predicted octanol–water partition coefficient (Wildman–Crippen LogP) is 4.51. The first-order valence-corrected chi connectivity index (χ1v) is 6.87. The Morgan fingerprint density at radius 2 is 1.90 bits per heavy atom. The number of hydrogen-bond acceptors (Lipinski definition) is 2. The van der Waals surface area contributed by atoms with Crippen LogP contribution in [0.25, 0.3) is 6.08 Å². The van der Waals surface area contributed by atoms with E-state index in [4.69, 9.17) is 16.7 Å². The number of benzene rings is 2. The lowest BCUT2D eigenvalue weighted by molar-refractivity contribution is -0.131. The normalized spacial score (nSPS) is 10.8. The number of carbonyl (C=O) groups is 1. The first-order chi connectivity index (χ1) is 9.99. The Labute approximate surface area is 129 Å². The van der Waals surface area contributed by atoms with Crippen LogP contribution in [0.15, 0.2) is 48.5 Å².